The van der Waals surface area contributed by atoms with E-state index < -0.39 is 0 Å². The van der Waals surface area contributed by atoms with E-state index >= 15 is 0 Å². The minimum atomic E-state index is 0.0494. The molecule has 0 bridgehead atoms. The number of nitrogens with one attached hydrogen (secondary N) is 1. The Hall–Kier alpha value is -1.95. The van der Waals surface area contributed by atoms with E-state index in [1.807, 2.05) is 43.3 Å². The van der Waals surface area contributed by atoms with E-state index in [-0.39, 0.29) is 11.8 Å². The molecular formula is C17H19BrN4O. The molecule has 2 heterocycles. The number of hydrogen-bond donors (Lipinski definition) is 1. The lowest BCUT2D eigenvalue weighted by atomic mass is 9.96. The molecule has 2 aromatic rings. The van der Waals surface area contributed by atoms with Gasteiger partial charge in [-0.1, -0.05) is 15.9 Å². The average molecular weight is 375 g/mol. The van der Waals surface area contributed by atoms with Crippen molar-refractivity contribution < 1.29 is 4.79 Å². The fourth-order valence-corrected chi connectivity index (χ4v) is 2.97. The second kappa shape index (κ2) is 7.08. The molecule has 23 heavy (non-hydrogen) atoms. The highest BCUT2D eigenvalue weighted by Crippen LogP contribution is 2.23. The standard InChI is InChI=1S/C17H19BrN4O/c1-12-2-7-16(21-20-12)22-10-8-13(9-11-22)17(23)19-15-5-3-14(18)4-6-15/h2-7,13H,8-11H2,1H3,(H,19,23). The summed E-state index contributed by atoms with van der Waals surface area (Å²) in [4.78, 5) is 14.6. The summed E-state index contributed by atoms with van der Waals surface area (Å²) in [5.74, 6) is 1.04. The summed E-state index contributed by atoms with van der Waals surface area (Å²) in [6.07, 6.45) is 1.66. The van der Waals surface area contributed by atoms with Gasteiger partial charge in [-0.25, -0.2) is 0 Å². The van der Waals surface area contributed by atoms with E-state index in [1.165, 1.54) is 0 Å². The average Bonchev–Trinajstić information content (AvgIpc) is 2.58. The number of amides is 1. The van der Waals surface area contributed by atoms with E-state index in [0.717, 1.165) is 47.6 Å². The van der Waals surface area contributed by atoms with Crippen LogP contribution in [0.15, 0.2) is 40.9 Å². The second-order valence-electron chi connectivity index (χ2n) is 5.79. The molecule has 1 amide bonds. The van der Waals surface area contributed by atoms with Crippen LogP contribution < -0.4 is 10.2 Å². The Morgan fingerprint density at radius 3 is 2.43 bits per heavy atom. The molecule has 0 aliphatic carbocycles. The lowest BCUT2D eigenvalue weighted by Crippen LogP contribution is -2.38. The molecule has 1 aliphatic heterocycles. The van der Waals surface area contributed by atoms with Gasteiger partial charge in [-0.3, -0.25) is 4.79 Å². The number of piperidine rings is 1. The summed E-state index contributed by atoms with van der Waals surface area (Å²) in [6, 6.07) is 11.6. The van der Waals surface area contributed by atoms with Crippen molar-refractivity contribution in [3.8, 4) is 0 Å². The van der Waals surface area contributed by atoms with E-state index in [1.54, 1.807) is 0 Å². The molecule has 1 aromatic heterocycles. The Morgan fingerprint density at radius 2 is 1.83 bits per heavy atom. The van der Waals surface area contributed by atoms with Crippen LogP contribution in [0.3, 0.4) is 0 Å². The maximum atomic E-state index is 12.4. The SMILES string of the molecule is Cc1ccc(N2CCC(C(=O)Nc3ccc(Br)cc3)CC2)nn1. The molecule has 1 aliphatic rings. The van der Waals surface area contributed by atoms with Crippen LogP contribution in [0.2, 0.25) is 0 Å². The monoisotopic (exact) mass is 374 g/mol. The minimum Gasteiger partial charge on any atom is -0.355 e. The topological polar surface area (TPSA) is 58.1 Å². The molecule has 0 spiro atoms. The maximum Gasteiger partial charge on any atom is 0.227 e. The van der Waals surface area contributed by atoms with E-state index in [2.05, 4.69) is 36.3 Å². The van der Waals surface area contributed by atoms with Gasteiger partial charge in [0.1, 0.15) is 0 Å². The van der Waals surface area contributed by atoms with Crippen LogP contribution in [0.4, 0.5) is 11.5 Å². The van der Waals surface area contributed by atoms with Crippen molar-refractivity contribution in [1.82, 2.24) is 10.2 Å². The largest absolute Gasteiger partial charge is 0.355 e. The molecule has 1 saturated heterocycles. The first-order chi connectivity index (χ1) is 11.1. The van der Waals surface area contributed by atoms with Crippen LogP contribution in [-0.2, 0) is 4.79 Å². The Bertz CT molecular complexity index is 664. The third kappa shape index (κ3) is 4.07. The minimum absolute atomic E-state index is 0.0494. The molecule has 1 aromatic carbocycles. The number of halogens is 1. The Kier molecular flexibility index (Phi) is 4.91. The predicted octanol–water partition coefficient (Wildman–Crippen LogP) is 3.40. The fourth-order valence-electron chi connectivity index (χ4n) is 2.71. The number of benzene rings is 1. The van der Waals surface area contributed by atoms with Crippen LogP contribution in [-0.4, -0.2) is 29.2 Å². The molecule has 0 saturated carbocycles. The lowest BCUT2D eigenvalue weighted by Gasteiger charge is -2.31. The van der Waals surface area contributed by atoms with Crippen molar-refractivity contribution in [2.45, 2.75) is 19.8 Å². The summed E-state index contributed by atoms with van der Waals surface area (Å²) in [5, 5.41) is 11.3. The van der Waals surface area contributed by atoms with Gasteiger partial charge in [0.15, 0.2) is 5.82 Å². The van der Waals surface area contributed by atoms with Crippen LogP contribution in [0, 0.1) is 12.8 Å². The number of nitrogens with zero attached hydrogens (tertiary/aromatic N) is 3. The maximum absolute atomic E-state index is 12.4. The van der Waals surface area contributed by atoms with Crippen LogP contribution in [0.5, 0.6) is 0 Å². The zero-order valence-corrected chi connectivity index (χ0v) is 14.6. The van der Waals surface area contributed by atoms with Crippen molar-refractivity contribution >= 4 is 33.3 Å². The van der Waals surface area contributed by atoms with Gasteiger partial charge in [0.25, 0.3) is 0 Å². The summed E-state index contributed by atoms with van der Waals surface area (Å²) >= 11 is 3.39. The zero-order valence-electron chi connectivity index (χ0n) is 13.0. The van der Waals surface area contributed by atoms with Crippen molar-refractivity contribution in [2.24, 2.45) is 5.92 Å². The number of carbonyl (C=O) groups is 1. The van der Waals surface area contributed by atoms with Gasteiger partial charge in [-0.15, -0.1) is 5.10 Å². The summed E-state index contributed by atoms with van der Waals surface area (Å²) < 4.78 is 1.00. The number of rotatable bonds is 3. The Labute approximate surface area is 144 Å². The van der Waals surface area contributed by atoms with E-state index in [4.69, 9.17) is 0 Å². The third-order valence-electron chi connectivity index (χ3n) is 4.09. The van der Waals surface area contributed by atoms with Gasteiger partial charge in [-0.05, 0) is 56.2 Å². The number of aromatic nitrogens is 2. The van der Waals surface area contributed by atoms with Gasteiger partial charge < -0.3 is 10.2 Å². The molecule has 0 atom stereocenters. The summed E-state index contributed by atoms with van der Waals surface area (Å²) in [5.41, 5.74) is 1.75. The Morgan fingerprint density at radius 1 is 1.13 bits per heavy atom. The predicted molar refractivity (Wildman–Crippen MR) is 94.5 cm³/mol. The highest BCUT2D eigenvalue weighted by atomic mass is 79.9. The molecule has 1 fully saturated rings. The third-order valence-corrected chi connectivity index (χ3v) is 4.61. The smallest absolute Gasteiger partial charge is 0.227 e. The molecule has 1 N–H and O–H groups in total. The fraction of sp³-hybridized carbons (Fsp3) is 0.353. The van der Waals surface area contributed by atoms with Crippen LogP contribution in [0.25, 0.3) is 0 Å². The molecule has 0 radical (unpaired) electrons. The molecule has 6 heteroatoms. The second-order valence-corrected chi connectivity index (χ2v) is 6.71. The highest BCUT2D eigenvalue weighted by Gasteiger charge is 2.25. The van der Waals surface area contributed by atoms with Gasteiger partial charge in [0, 0.05) is 29.2 Å². The van der Waals surface area contributed by atoms with E-state index in [0.29, 0.717) is 0 Å². The molecule has 3 rings (SSSR count). The van der Waals surface area contributed by atoms with Gasteiger partial charge in [0.05, 0.1) is 5.69 Å². The van der Waals surface area contributed by atoms with Gasteiger partial charge >= 0.3 is 0 Å². The first-order valence-corrected chi connectivity index (χ1v) is 8.53. The quantitative estimate of drug-likeness (QED) is 0.894. The van der Waals surface area contributed by atoms with Crippen molar-refractivity contribution in [3.05, 3.63) is 46.6 Å². The van der Waals surface area contributed by atoms with Crippen molar-refractivity contribution in [3.63, 3.8) is 0 Å². The number of carbonyl (C=O) groups excluding carboxylic acids is 1. The Balaban J connectivity index is 1.54. The molecular weight excluding hydrogens is 356 g/mol. The van der Waals surface area contributed by atoms with Crippen LogP contribution >= 0.6 is 15.9 Å². The first kappa shape index (κ1) is 15.9. The summed E-state index contributed by atoms with van der Waals surface area (Å²) in [6.45, 7) is 3.59. The first-order valence-electron chi connectivity index (χ1n) is 7.73. The molecule has 5 nitrogen and oxygen atoms in total. The van der Waals surface area contributed by atoms with Crippen molar-refractivity contribution in [1.29, 1.82) is 0 Å². The van der Waals surface area contributed by atoms with Gasteiger partial charge in [0.2, 0.25) is 5.91 Å². The van der Waals surface area contributed by atoms with Crippen molar-refractivity contribution in [2.75, 3.05) is 23.3 Å². The summed E-state index contributed by atoms with van der Waals surface area (Å²) in [7, 11) is 0. The lowest BCUT2D eigenvalue weighted by molar-refractivity contribution is -0.120. The van der Waals surface area contributed by atoms with E-state index in [9.17, 15) is 4.79 Å². The number of aryl methyl sites for hydroxylation is 1. The molecule has 0 unspecified atom stereocenters. The molecule has 120 valence electrons. The zero-order chi connectivity index (χ0) is 16.2. The van der Waals surface area contributed by atoms with Gasteiger partial charge in [-0.2, -0.15) is 5.10 Å². The normalized spacial score (nSPS) is 15.5. The number of hydrogen-bond acceptors (Lipinski definition) is 4. The highest BCUT2D eigenvalue weighted by molar-refractivity contribution is 9.10. The van der Waals surface area contributed by atoms with Crippen LogP contribution in [0.1, 0.15) is 18.5 Å². The number of anilines is 2.